The van der Waals surface area contributed by atoms with E-state index < -0.39 is 27.7 Å². The molecule has 2 amide bonds. The summed E-state index contributed by atoms with van der Waals surface area (Å²) in [5.41, 5.74) is 3.70. The van der Waals surface area contributed by atoms with Gasteiger partial charge in [-0.15, -0.1) is 0 Å². The Morgan fingerprint density at radius 3 is 2.62 bits per heavy atom. The van der Waals surface area contributed by atoms with Crippen molar-refractivity contribution in [3.63, 3.8) is 0 Å². The third-order valence-electron chi connectivity index (χ3n) is 5.88. The van der Waals surface area contributed by atoms with E-state index in [0.29, 0.717) is 42.3 Å². The van der Waals surface area contributed by atoms with Crippen LogP contribution in [-0.2, 0) is 25.9 Å². The molecule has 4 rings (SSSR count). The van der Waals surface area contributed by atoms with E-state index in [-0.39, 0.29) is 18.3 Å². The quantitative estimate of drug-likeness (QED) is 0.452. The van der Waals surface area contributed by atoms with Gasteiger partial charge in [-0.2, -0.15) is 0 Å². The van der Waals surface area contributed by atoms with Gasteiger partial charge in [-0.05, 0) is 36.2 Å². The van der Waals surface area contributed by atoms with Crippen LogP contribution in [0.1, 0.15) is 22.3 Å². The van der Waals surface area contributed by atoms with Gasteiger partial charge in [-0.25, -0.2) is 13.9 Å². The maximum absolute atomic E-state index is 12.7. The summed E-state index contributed by atoms with van der Waals surface area (Å²) in [7, 11) is -3.26. The number of benzene rings is 2. The van der Waals surface area contributed by atoms with Gasteiger partial charge in [-0.3, -0.25) is 14.8 Å². The maximum atomic E-state index is 12.7. The Kier molecular flexibility index (Phi) is 6.45. The van der Waals surface area contributed by atoms with E-state index in [0.717, 1.165) is 5.56 Å². The molecule has 9 nitrogen and oxygen atoms in total. The maximum Gasteiger partial charge on any atom is 0.251 e. The molecule has 2 heterocycles. The molecule has 0 bridgehead atoms. The number of amides is 2. The van der Waals surface area contributed by atoms with E-state index in [1.54, 1.807) is 35.8 Å². The first kappa shape index (κ1) is 22.3. The molecule has 1 saturated heterocycles. The molecule has 10 heteroatoms. The number of nitrogens with one attached hydrogen (secondary N) is 2. The second-order valence-electron chi connectivity index (χ2n) is 7.93. The van der Waals surface area contributed by atoms with Gasteiger partial charge in [0.2, 0.25) is 0 Å². The van der Waals surface area contributed by atoms with E-state index in [2.05, 4.69) is 5.32 Å². The van der Waals surface area contributed by atoms with Crippen LogP contribution in [0.25, 0.3) is 0 Å². The van der Waals surface area contributed by atoms with E-state index in [1.165, 1.54) is 0 Å². The third-order valence-corrected chi connectivity index (χ3v) is 7.62. The lowest BCUT2D eigenvalue weighted by Crippen LogP contribution is -2.51. The Morgan fingerprint density at radius 2 is 1.88 bits per heavy atom. The van der Waals surface area contributed by atoms with Gasteiger partial charge in [0.25, 0.3) is 11.8 Å². The molecule has 0 radical (unpaired) electrons. The van der Waals surface area contributed by atoms with Crippen LogP contribution in [0.15, 0.2) is 53.4 Å². The number of para-hydroxylation sites is 1. The molecule has 0 spiro atoms. The highest BCUT2D eigenvalue weighted by Gasteiger charge is 2.33. The van der Waals surface area contributed by atoms with E-state index in [4.69, 9.17) is 9.94 Å². The minimum absolute atomic E-state index is 0.0676. The zero-order valence-corrected chi connectivity index (χ0v) is 18.2. The highest BCUT2D eigenvalue weighted by molar-refractivity contribution is 7.91. The summed E-state index contributed by atoms with van der Waals surface area (Å²) in [6.45, 7) is 1.47. The van der Waals surface area contributed by atoms with Crippen molar-refractivity contribution in [1.29, 1.82) is 0 Å². The number of ether oxygens (including phenoxy) is 1. The number of rotatable bonds is 5. The van der Waals surface area contributed by atoms with E-state index >= 15 is 0 Å². The molecule has 2 aliphatic heterocycles. The largest absolute Gasteiger partial charge is 0.380 e. The van der Waals surface area contributed by atoms with Crippen molar-refractivity contribution in [3.8, 4) is 0 Å². The second-order valence-corrected chi connectivity index (χ2v) is 10.0. The number of hydroxylamine groups is 1. The number of hydrogen-bond acceptors (Lipinski definition) is 7. The predicted octanol–water partition coefficient (Wildman–Crippen LogP) is 1.12. The number of carbonyl (C=O) groups excluding carboxylic acids is 2. The Morgan fingerprint density at radius 1 is 1.12 bits per heavy atom. The van der Waals surface area contributed by atoms with Crippen LogP contribution in [-0.4, -0.2) is 57.0 Å². The minimum Gasteiger partial charge on any atom is -0.380 e. The van der Waals surface area contributed by atoms with Crippen LogP contribution in [0.5, 0.6) is 0 Å². The summed E-state index contributed by atoms with van der Waals surface area (Å²) in [4.78, 5) is 26.9. The van der Waals surface area contributed by atoms with Crippen LogP contribution in [0.2, 0.25) is 0 Å². The molecule has 2 aromatic carbocycles. The fourth-order valence-electron chi connectivity index (χ4n) is 4.09. The van der Waals surface area contributed by atoms with Crippen LogP contribution in [0.3, 0.4) is 0 Å². The van der Waals surface area contributed by atoms with Gasteiger partial charge in [-0.1, -0.05) is 24.3 Å². The zero-order chi connectivity index (χ0) is 22.7. The highest BCUT2D eigenvalue weighted by atomic mass is 32.2. The Balaban J connectivity index is 1.43. The topological polar surface area (TPSA) is 125 Å². The average molecular weight is 460 g/mol. The first-order valence-corrected chi connectivity index (χ1v) is 12.0. The molecule has 0 aromatic heterocycles. The van der Waals surface area contributed by atoms with Crippen molar-refractivity contribution in [2.45, 2.75) is 23.9 Å². The zero-order valence-electron chi connectivity index (χ0n) is 17.4. The summed E-state index contributed by atoms with van der Waals surface area (Å²) in [6, 6.07) is 13.6. The molecule has 3 N–H and O–H groups in total. The van der Waals surface area contributed by atoms with E-state index in [9.17, 15) is 18.0 Å². The molecular weight excluding hydrogens is 434 g/mol. The molecule has 2 aliphatic rings. The smallest absolute Gasteiger partial charge is 0.251 e. The molecule has 2 atom stereocenters. The number of nitrogens with zero attached hydrogens (tertiary/aromatic N) is 1. The number of sulfone groups is 1. The fourth-order valence-corrected chi connectivity index (χ4v) is 5.57. The van der Waals surface area contributed by atoms with Gasteiger partial charge in [0.05, 0.1) is 28.9 Å². The Labute approximate surface area is 186 Å². The van der Waals surface area contributed by atoms with E-state index in [1.807, 2.05) is 23.1 Å². The first-order chi connectivity index (χ1) is 15.4. The van der Waals surface area contributed by atoms with Crippen molar-refractivity contribution >= 4 is 27.3 Å². The number of carbonyl (C=O) groups is 2. The van der Waals surface area contributed by atoms with Crippen LogP contribution in [0, 0.1) is 5.92 Å². The van der Waals surface area contributed by atoms with Crippen LogP contribution >= 0.6 is 0 Å². The fraction of sp³-hybridized carbons (Fsp3) is 0.364. The molecule has 170 valence electrons. The second kappa shape index (κ2) is 9.27. The van der Waals surface area contributed by atoms with Crippen LogP contribution < -0.4 is 15.7 Å². The molecule has 0 saturated carbocycles. The summed E-state index contributed by atoms with van der Waals surface area (Å²) in [6.07, 6.45) is 0.471. The lowest BCUT2D eigenvalue weighted by atomic mass is 9.94. The van der Waals surface area contributed by atoms with Crippen molar-refractivity contribution in [2.24, 2.45) is 5.92 Å². The molecule has 1 fully saturated rings. The Bertz CT molecular complexity index is 1100. The number of hydrogen-bond donors (Lipinski definition) is 3. The van der Waals surface area contributed by atoms with Crippen molar-refractivity contribution in [2.75, 3.05) is 30.4 Å². The predicted molar refractivity (Wildman–Crippen MR) is 116 cm³/mol. The SMILES string of the molecule is O=C(N[C@@H]1CCOC[C@@H]1C(=O)NO)c1ccc(CN2CCS(=O)(=O)c3ccccc32)cc1. The lowest BCUT2D eigenvalue weighted by molar-refractivity contribution is -0.138. The van der Waals surface area contributed by atoms with Crippen molar-refractivity contribution in [3.05, 3.63) is 59.7 Å². The van der Waals surface area contributed by atoms with Gasteiger partial charge >= 0.3 is 0 Å². The Hall–Kier alpha value is -2.95. The normalized spacial score (nSPS) is 22.0. The van der Waals surface area contributed by atoms with Gasteiger partial charge < -0.3 is 15.0 Å². The van der Waals surface area contributed by atoms with Gasteiger partial charge in [0.15, 0.2) is 9.84 Å². The first-order valence-electron chi connectivity index (χ1n) is 10.4. The minimum atomic E-state index is -3.26. The summed E-state index contributed by atoms with van der Waals surface area (Å²) >= 11 is 0. The molecule has 32 heavy (non-hydrogen) atoms. The molecule has 0 aliphatic carbocycles. The molecular formula is C22H25N3O6S. The third kappa shape index (κ3) is 4.62. The summed E-state index contributed by atoms with van der Waals surface area (Å²) < 4.78 is 29.9. The number of anilines is 1. The van der Waals surface area contributed by atoms with Crippen molar-refractivity contribution in [1.82, 2.24) is 10.8 Å². The lowest BCUT2D eigenvalue weighted by Gasteiger charge is -2.31. The summed E-state index contributed by atoms with van der Waals surface area (Å²) in [5, 5.41) is 11.8. The van der Waals surface area contributed by atoms with Gasteiger partial charge in [0.1, 0.15) is 0 Å². The number of fused-ring (bicyclic) bond motifs is 1. The van der Waals surface area contributed by atoms with Crippen LogP contribution in [0.4, 0.5) is 5.69 Å². The molecule has 0 unspecified atom stereocenters. The monoisotopic (exact) mass is 459 g/mol. The standard InChI is InChI=1S/C22H25N3O6S/c26-21(23-18-9-11-31-14-17(18)22(27)24-28)16-7-5-15(6-8-16)13-25-10-12-32(29,30)20-4-2-1-3-19(20)25/h1-8,17-18,28H,9-14H2,(H,23,26)(H,24,27)/t17-,18+/m0/s1. The average Bonchev–Trinajstić information content (AvgIpc) is 2.81. The van der Waals surface area contributed by atoms with Crippen molar-refractivity contribution < 1.29 is 28.0 Å². The molecule has 2 aromatic rings. The highest BCUT2D eigenvalue weighted by Crippen LogP contribution is 2.31. The summed E-state index contributed by atoms with van der Waals surface area (Å²) in [5.74, 6) is -1.49. The van der Waals surface area contributed by atoms with Gasteiger partial charge in [0, 0.05) is 31.3 Å².